The Morgan fingerprint density at radius 1 is 1.44 bits per heavy atom. The van der Waals surface area contributed by atoms with Gasteiger partial charge in [-0.1, -0.05) is 11.6 Å². The molecule has 2 aliphatic rings. The number of benzene rings is 1. The minimum atomic E-state index is -0.0379. The molecule has 0 unspecified atom stereocenters. The molecular formula is C12H14ClNO2. The van der Waals surface area contributed by atoms with Gasteiger partial charge in [-0.3, -0.25) is 0 Å². The van der Waals surface area contributed by atoms with Crippen molar-refractivity contribution in [2.75, 3.05) is 6.79 Å². The smallest absolute Gasteiger partial charge is 0.231 e. The lowest BCUT2D eigenvalue weighted by Crippen LogP contribution is -2.24. The van der Waals surface area contributed by atoms with Crippen LogP contribution in [0.3, 0.4) is 0 Å². The first-order valence-corrected chi connectivity index (χ1v) is 5.83. The average Bonchev–Trinajstić information content (AvgIpc) is 2.79. The number of hydrogen-bond acceptors (Lipinski definition) is 3. The SMILES string of the molecule is Cc1c(Cl)c(CC2(N)CC2)cc2c1OCO2. The molecule has 86 valence electrons. The lowest BCUT2D eigenvalue weighted by Gasteiger charge is -2.13. The third-order valence-corrected chi connectivity index (χ3v) is 3.86. The molecule has 1 aromatic carbocycles. The van der Waals surface area contributed by atoms with E-state index in [9.17, 15) is 0 Å². The maximum Gasteiger partial charge on any atom is 0.231 e. The molecule has 2 N–H and O–H groups in total. The summed E-state index contributed by atoms with van der Waals surface area (Å²) in [5, 5.41) is 0.765. The molecule has 0 bridgehead atoms. The van der Waals surface area contributed by atoms with Crippen LogP contribution >= 0.6 is 11.6 Å². The summed E-state index contributed by atoms with van der Waals surface area (Å²) in [6, 6.07) is 1.96. The van der Waals surface area contributed by atoms with Gasteiger partial charge in [-0.05, 0) is 37.8 Å². The molecule has 0 atom stereocenters. The highest BCUT2D eigenvalue weighted by molar-refractivity contribution is 6.32. The van der Waals surface area contributed by atoms with E-state index in [4.69, 9.17) is 26.8 Å². The van der Waals surface area contributed by atoms with E-state index < -0.39 is 0 Å². The van der Waals surface area contributed by atoms with E-state index in [1.54, 1.807) is 0 Å². The van der Waals surface area contributed by atoms with Crippen molar-refractivity contribution in [3.8, 4) is 11.5 Å². The number of fused-ring (bicyclic) bond motifs is 1. The van der Waals surface area contributed by atoms with Crippen molar-refractivity contribution in [1.82, 2.24) is 0 Å². The Labute approximate surface area is 99.5 Å². The molecule has 0 aromatic heterocycles. The minimum absolute atomic E-state index is 0.0379. The lowest BCUT2D eigenvalue weighted by molar-refractivity contribution is 0.173. The fourth-order valence-electron chi connectivity index (χ4n) is 2.10. The Hall–Kier alpha value is -0.930. The van der Waals surface area contributed by atoms with Crippen LogP contribution in [0.4, 0.5) is 0 Å². The van der Waals surface area contributed by atoms with E-state index in [0.29, 0.717) is 0 Å². The van der Waals surface area contributed by atoms with Gasteiger partial charge < -0.3 is 15.2 Å². The van der Waals surface area contributed by atoms with Gasteiger partial charge in [0.25, 0.3) is 0 Å². The van der Waals surface area contributed by atoms with Crippen LogP contribution in [0.5, 0.6) is 11.5 Å². The van der Waals surface area contributed by atoms with Crippen LogP contribution in [0.25, 0.3) is 0 Å². The van der Waals surface area contributed by atoms with Crippen molar-refractivity contribution in [1.29, 1.82) is 0 Å². The monoisotopic (exact) mass is 239 g/mol. The van der Waals surface area contributed by atoms with Crippen molar-refractivity contribution in [3.63, 3.8) is 0 Å². The van der Waals surface area contributed by atoms with Gasteiger partial charge >= 0.3 is 0 Å². The molecule has 0 spiro atoms. The molecule has 1 aliphatic carbocycles. The van der Waals surface area contributed by atoms with Crippen molar-refractivity contribution in [3.05, 3.63) is 22.2 Å². The van der Waals surface area contributed by atoms with E-state index in [1.807, 2.05) is 13.0 Å². The number of rotatable bonds is 2. The molecule has 1 aromatic rings. The standard InChI is InChI=1S/C12H14ClNO2/c1-7-10(13)8(5-12(14)2-3-12)4-9-11(7)16-6-15-9/h4H,2-3,5-6,14H2,1H3. The van der Waals surface area contributed by atoms with Gasteiger partial charge in [-0.25, -0.2) is 0 Å². The Bertz CT molecular complexity index is 455. The third kappa shape index (κ3) is 1.55. The molecule has 3 nitrogen and oxygen atoms in total. The zero-order chi connectivity index (χ0) is 11.3. The molecule has 1 aliphatic heterocycles. The van der Waals surface area contributed by atoms with Crippen LogP contribution in [-0.2, 0) is 6.42 Å². The number of nitrogens with two attached hydrogens (primary N) is 1. The second kappa shape index (κ2) is 3.28. The third-order valence-electron chi connectivity index (χ3n) is 3.33. The second-order valence-corrected chi connectivity index (χ2v) is 5.13. The van der Waals surface area contributed by atoms with Gasteiger partial charge in [0.2, 0.25) is 6.79 Å². The first-order chi connectivity index (χ1) is 7.59. The highest BCUT2D eigenvalue weighted by atomic mass is 35.5. The van der Waals surface area contributed by atoms with Gasteiger partial charge in [0, 0.05) is 11.1 Å². The fourth-order valence-corrected chi connectivity index (χ4v) is 2.30. The van der Waals surface area contributed by atoms with Crippen LogP contribution in [0.1, 0.15) is 24.0 Å². The minimum Gasteiger partial charge on any atom is -0.454 e. The average molecular weight is 240 g/mol. The molecule has 1 fully saturated rings. The van der Waals surface area contributed by atoms with Crippen LogP contribution < -0.4 is 15.2 Å². The topological polar surface area (TPSA) is 44.5 Å². The Balaban J connectivity index is 2.02. The summed E-state index contributed by atoms with van der Waals surface area (Å²) in [7, 11) is 0. The Morgan fingerprint density at radius 2 is 2.19 bits per heavy atom. The molecule has 0 radical (unpaired) electrons. The van der Waals surface area contributed by atoms with E-state index >= 15 is 0 Å². The Morgan fingerprint density at radius 3 is 2.88 bits per heavy atom. The normalized spacial score (nSPS) is 19.9. The van der Waals surface area contributed by atoms with Crippen molar-refractivity contribution >= 4 is 11.6 Å². The van der Waals surface area contributed by atoms with Crippen LogP contribution in [0.2, 0.25) is 5.02 Å². The first-order valence-electron chi connectivity index (χ1n) is 5.45. The van der Waals surface area contributed by atoms with Gasteiger partial charge in [-0.2, -0.15) is 0 Å². The number of halogens is 1. The van der Waals surface area contributed by atoms with Crippen molar-refractivity contribution in [2.45, 2.75) is 31.7 Å². The van der Waals surface area contributed by atoms with Gasteiger partial charge in [0.15, 0.2) is 11.5 Å². The summed E-state index contributed by atoms with van der Waals surface area (Å²) in [4.78, 5) is 0. The highest BCUT2D eigenvalue weighted by Crippen LogP contribution is 2.44. The predicted molar refractivity (Wildman–Crippen MR) is 62.2 cm³/mol. The van der Waals surface area contributed by atoms with E-state index in [-0.39, 0.29) is 12.3 Å². The van der Waals surface area contributed by atoms with Gasteiger partial charge in [0.1, 0.15) is 0 Å². The first kappa shape index (κ1) is 10.2. The lowest BCUT2D eigenvalue weighted by atomic mass is 10.0. The molecular weight excluding hydrogens is 226 g/mol. The maximum absolute atomic E-state index is 6.32. The zero-order valence-corrected chi connectivity index (χ0v) is 9.93. The molecule has 1 heterocycles. The fraction of sp³-hybridized carbons (Fsp3) is 0.500. The maximum atomic E-state index is 6.32. The molecule has 0 saturated heterocycles. The summed E-state index contributed by atoms with van der Waals surface area (Å²) in [6.45, 7) is 2.24. The molecule has 0 amide bonds. The summed E-state index contributed by atoms with van der Waals surface area (Å²) in [6.07, 6.45) is 2.98. The highest BCUT2D eigenvalue weighted by Gasteiger charge is 2.39. The summed E-state index contributed by atoms with van der Waals surface area (Å²) in [5.74, 6) is 1.57. The van der Waals surface area contributed by atoms with E-state index in [1.165, 1.54) is 0 Å². The van der Waals surface area contributed by atoms with Gasteiger partial charge in [0.05, 0.1) is 5.02 Å². The predicted octanol–water partition coefficient (Wildman–Crippen LogP) is 2.41. The summed E-state index contributed by atoms with van der Waals surface area (Å²) in [5.41, 5.74) is 8.10. The molecule has 4 heteroatoms. The zero-order valence-electron chi connectivity index (χ0n) is 9.18. The van der Waals surface area contributed by atoms with Crippen LogP contribution in [0, 0.1) is 6.92 Å². The van der Waals surface area contributed by atoms with Gasteiger partial charge in [-0.15, -0.1) is 0 Å². The second-order valence-electron chi connectivity index (χ2n) is 4.75. The molecule has 1 saturated carbocycles. The van der Waals surface area contributed by atoms with Crippen molar-refractivity contribution < 1.29 is 9.47 Å². The number of hydrogen-bond donors (Lipinski definition) is 1. The number of ether oxygens (including phenoxy) is 2. The molecule has 3 rings (SSSR count). The van der Waals surface area contributed by atoms with Crippen LogP contribution in [0.15, 0.2) is 6.07 Å². The Kier molecular flexibility index (Phi) is 2.10. The largest absolute Gasteiger partial charge is 0.454 e. The van der Waals surface area contributed by atoms with E-state index in [2.05, 4.69) is 0 Å². The summed E-state index contributed by atoms with van der Waals surface area (Å²) < 4.78 is 10.8. The van der Waals surface area contributed by atoms with E-state index in [0.717, 1.165) is 46.9 Å². The quantitative estimate of drug-likeness (QED) is 0.862. The summed E-state index contributed by atoms with van der Waals surface area (Å²) >= 11 is 6.32. The molecule has 16 heavy (non-hydrogen) atoms. The van der Waals surface area contributed by atoms with Crippen molar-refractivity contribution in [2.24, 2.45) is 5.73 Å². The van der Waals surface area contributed by atoms with Crippen LogP contribution in [-0.4, -0.2) is 12.3 Å².